The average Bonchev–Trinajstić information content (AvgIpc) is 2.39. The van der Waals surface area contributed by atoms with Crippen LogP contribution in [0.15, 0.2) is 0 Å². The van der Waals surface area contributed by atoms with Gasteiger partial charge in [-0.15, -0.1) is 0 Å². The van der Waals surface area contributed by atoms with E-state index in [4.69, 9.17) is 5.11 Å². The minimum atomic E-state index is -3.04. The molecule has 6 heteroatoms. The van der Waals surface area contributed by atoms with Crippen LogP contribution in [0.3, 0.4) is 0 Å². The second kappa shape index (κ2) is 5.79. The Kier molecular flexibility index (Phi) is 4.98. The Morgan fingerprint density at radius 1 is 1.20 bits per heavy atom. The number of hydrogen-bond acceptors (Lipinski definition) is 5. The molecule has 2 unspecified atom stereocenters. The van der Waals surface area contributed by atoms with Gasteiger partial charge in [-0.25, -0.2) is 8.42 Å². The molecule has 1 aliphatic heterocycles. The average molecular weight is 237 g/mol. The van der Waals surface area contributed by atoms with Gasteiger partial charge < -0.3 is 15.5 Å². The molecular formula is C9H19NO4S. The van der Waals surface area contributed by atoms with Gasteiger partial charge in [-0.3, -0.25) is 0 Å². The molecule has 1 saturated heterocycles. The lowest BCUT2D eigenvalue weighted by Gasteiger charge is -2.14. The Labute approximate surface area is 90.4 Å². The van der Waals surface area contributed by atoms with Crippen LogP contribution in [0.1, 0.15) is 19.3 Å². The molecule has 15 heavy (non-hydrogen) atoms. The zero-order chi connectivity index (χ0) is 11.3. The molecule has 0 bridgehead atoms. The van der Waals surface area contributed by atoms with E-state index >= 15 is 0 Å². The van der Waals surface area contributed by atoms with E-state index in [-0.39, 0.29) is 24.2 Å². The summed E-state index contributed by atoms with van der Waals surface area (Å²) in [6, 6.07) is -0.316. The van der Waals surface area contributed by atoms with Crippen molar-refractivity contribution in [1.29, 1.82) is 0 Å². The quantitative estimate of drug-likeness (QED) is 0.510. The first-order chi connectivity index (χ1) is 7.05. The lowest BCUT2D eigenvalue weighted by atomic mass is 10.2. The van der Waals surface area contributed by atoms with E-state index in [1.54, 1.807) is 0 Å². The van der Waals surface area contributed by atoms with Crippen LogP contribution in [0.25, 0.3) is 0 Å². The fraction of sp³-hybridized carbons (Fsp3) is 1.00. The summed E-state index contributed by atoms with van der Waals surface area (Å²) in [5.41, 5.74) is 0. The number of aliphatic hydroxyl groups is 2. The van der Waals surface area contributed by atoms with Crippen molar-refractivity contribution in [1.82, 2.24) is 5.32 Å². The van der Waals surface area contributed by atoms with E-state index in [9.17, 15) is 13.5 Å². The van der Waals surface area contributed by atoms with Crippen LogP contribution in [-0.2, 0) is 9.84 Å². The van der Waals surface area contributed by atoms with Crippen molar-refractivity contribution in [3.63, 3.8) is 0 Å². The third kappa shape index (κ3) is 4.46. The Morgan fingerprint density at radius 3 is 2.47 bits per heavy atom. The maximum atomic E-state index is 11.2. The molecule has 0 spiro atoms. The first kappa shape index (κ1) is 12.9. The van der Waals surface area contributed by atoms with Crippen LogP contribution in [0, 0.1) is 0 Å². The normalized spacial score (nSPS) is 29.5. The zero-order valence-electron chi connectivity index (χ0n) is 8.72. The lowest BCUT2D eigenvalue weighted by Crippen LogP contribution is -2.39. The van der Waals surface area contributed by atoms with E-state index in [1.165, 1.54) is 0 Å². The number of hydrogen-bond donors (Lipinski definition) is 3. The van der Waals surface area contributed by atoms with Gasteiger partial charge in [-0.05, 0) is 25.8 Å². The second-order valence-corrected chi connectivity index (χ2v) is 6.14. The molecule has 90 valence electrons. The minimum Gasteiger partial charge on any atom is -0.396 e. The SMILES string of the molecule is O=S1(=O)CC(O)C(NCCCCCO)C1. The molecule has 0 aromatic rings. The number of nitrogens with one attached hydrogen (secondary N) is 1. The fourth-order valence-corrected chi connectivity index (χ4v) is 3.50. The number of unbranched alkanes of at least 4 members (excludes halogenated alkanes) is 2. The third-order valence-electron chi connectivity index (χ3n) is 2.56. The Balaban J connectivity index is 2.17. The van der Waals surface area contributed by atoms with Crippen molar-refractivity contribution < 1.29 is 18.6 Å². The van der Waals surface area contributed by atoms with Crippen LogP contribution in [0.5, 0.6) is 0 Å². The lowest BCUT2D eigenvalue weighted by molar-refractivity contribution is 0.165. The van der Waals surface area contributed by atoms with Crippen molar-refractivity contribution in [3.8, 4) is 0 Å². The molecule has 0 radical (unpaired) electrons. The Morgan fingerprint density at radius 2 is 1.93 bits per heavy atom. The molecule has 0 aromatic carbocycles. The van der Waals surface area contributed by atoms with Gasteiger partial charge in [-0.2, -0.15) is 0 Å². The third-order valence-corrected chi connectivity index (χ3v) is 4.28. The predicted octanol–water partition coefficient (Wildman–Crippen LogP) is -1.10. The highest BCUT2D eigenvalue weighted by Crippen LogP contribution is 2.12. The summed E-state index contributed by atoms with van der Waals surface area (Å²) in [6.07, 6.45) is 1.81. The van der Waals surface area contributed by atoms with Crippen LogP contribution in [0.4, 0.5) is 0 Å². The first-order valence-electron chi connectivity index (χ1n) is 5.28. The van der Waals surface area contributed by atoms with Crippen LogP contribution >= 0.6 is 0 Å². The molecule has 1 aliphatic rings. The summed E-state index contributed by atoms with van der Waals surface area (Å²) in [5.74, 6) is -0.0878. The molecule has 3 N–H and O–H groups in total. The van der Waals surface area contributed by atoms with Crippen molar-refractivity contribution in [3.05, 3.63) is 0 Å². The fourth-order valence-electron chi connectivity index (χ4n) is 1.73. The van der Waals surface area contributed by atoms with Gasteiger partial charge in [-0.1, -0.05) is 0 Å². The van der Waals surface area contributed by atoms with Crippen LogP contribution < -0.4 is 5.32 Å². The van der Waals surface area contributed by atoms with Gasteiger partial charge in [0, 0.05) is 12.6 Å². The maximum Gasteiger partial charge on any atom is 0.154 e. The maximum absolute atomic E-state index is 11.2. The second-order valence-electron chi connectivity index (χ2n) is 3.99. The van der Waals surface area contributed by atoms with Crippen LogP contribution in [-0.4, -0.2) is 55.4 Å². The van der Waals surface area contributed by atoms with E-state index < -0.39 is 15.9 Å². The molecule has 1 rings (SSSR count). The monoisotopic (exact) mass is 237 g/mol. The van der Waals surface area contributed by atoms with E-state index in [1.807, 2.05) is 0 Å². The summed E-state index contributed by atoms with van der Waals surface area (Å²) in [4.78, 5) is 0. The molecule has 0 aromatic heterocycles. The van der Waals surface area contributed by atoms with Crippen molar-refractivity contribution >= 4 is 9.84 Å². The van der Waals surface area contributed by atoms with Crippen molar-refractivity contribution in [2.75, 3.05) is 24.7 Å². The molecule has 0 aliphatic carbocycles. The first-order valence-corrected chi connectivity index (χ1v) is 7.10. The highest BCUT2D eigenvalue weighted by Gasteiger charge is 2.35. The summed E-state index contributed by atoms with van der Waals surface area (Å²) in [5, 5.41) is 21.0. The van der Waals surface area contributed by atoms with Gasteiger partial charge in [0.1, 0.15) is 0 Å². The van der Waals surface area contributed by atoms with Crippen molar-refractivity contribution in [2.45, 2.75) is 31.4 Å². The number of sulfone groups is 1. The van der Waals surface area contributed by atoms with Gasteiger partial charge in [0.05, 0.1) is 17.6 Å². The van der Waals surface area contributed by atoms with Crippen LogP contribution in [0.2, 0.25) is 0 Å². The molecule has 5 nitrogen and oxygen atoms in total. The summed E-state index contributed by atoms with van der Waals surface area (Å²) in [7, 11) is -3.04. The van der Waals surface area contributed by atoms with Gasteiger partial charge >= 0.3 is 0 Å². The van der Waals surface area contributed by atoms with E-state index in [0.717, 1.165) is 19.3 Å². The van der Waals surface area contributed by atoms with E-state index in [0.29, 0.717) is 6.54 Å². The molecule has 1 heterocycles. The zero-order valence-corrected chi connectivity index (χ0v) is 9.54. The number of rotatable bonds is 6. The smallest absolute Gasteiger partial charge is 0.154 e. The van der Waals surface area contributed by atoms with Gasteiger partial charge in [0.2, 0.25) is 0 Å². The van der Waals surface area contributed by atoms with Gasteiger partial charge in [0.25, 0.3) is 0 Å². The molecule has 2 atom stereocenters. The molecule has 0 saturated carbocycles. The summed E-state index contributed by atoms with van der Waals surface area (Å²) >= 11 is 0. The molecule has 1 fully saturated rings. The minimum absolute atomic E-state index is 0.0359. The molecular weight excluding hydrogens is 218 g/mol. The standard InChI is InChI=1S/C9H19NO4S/c11-5-3-1-2-4-10-8-6-15(13,14)7-9(8)12/h8-12H,1-7H2. The predicted molar refractivity (Wildman–Crippen MR) is 57.4 cm³/mol. The summed E-state index contributed by atoms with van der Waals surface area (Å²) in [6.45, 7) is 0.887. The largest absolute Gasteiger partial charge is 0.396 e. The Bertz CT molecular complexity index is 278. The molecule has 0 amide bonds. The highest BCUT2D eigenvalue weighted by molar-refractivity contribution is 7.91. The van der Waals surface area contributed by atoms with Gasteiger partial charge in [0.15, 0.2) is 9.84 Å². The van der Waals surface area contributed by atoms with E-state index in [2.05, 4.69) is 5.32 Å². The Hall–Kier alpha value is -0.170. The number of aliphatic hydroxyl groups excluding tert-OH is 2. The van der Waals surface area contributed by atoms with Crippen molar-refractivity contribution in [2.24, 2.45) is 0 Å². The highest BCUT2D eigenvalue weighted by atomic mass is 32.2. The topological polar surface area (TPSA) is 86.6 Å². The summed E-state index contributed by atoms with van der Waals surface area (Å²) < 4.78 is 22.3.